The van der Waals surface area contributed by atoms with Crippen molar-refractivity contribution in [3.05, 3.63) is 90.1 Å². The van der Waals surface area contributed by atoms with Crippen LogP contribution in [0.15, 0.2) is 79.0 Å². The van der Waals surface area contributed by atoms with Gasteiger partial charge in [0.2, 0.25) is 0 Å². The lowest BCUT2D eigenvalue weighted by atomic mass is 10.1. The average molecular weight is 292 g/mol. The van der Waals surface area contributed by atoms with Crippen LogP contribution in [-0.2, 0) is 6.04 Å². The molecule has 0 radical (unpaired) electrons. The normalized spacial score (nSPS) is 12.2. The van der Waals surface area contributed by atoms with Crippen molar-refractivity contribution < 1.29 is 0 Å². The topological polar surface area (TPSA) is 0 Å². The molecule has 0 aromatic heterocycles. The van der Waals surface area contributed by atoms with E-state index in [0.29, 0.717) is 0 Å². The van der Waals surface area contributed by atoms with E-state index in [2.05, 4.69) is 86.0 Å². The molecule has 0 aliphatic rings. The van der Waals surface area contributed by atoms with Crippen molar-refractivity contribution in [2.24, 2.45) is 0 Å². The zero-order valence-corrected chi connectivity index (χ0v) is 14.0. The molecule has 21 heavy (non-hydrogen) atoms. The van der Waals surface area contributed by atoms with Crippen molar-refractivity contribution in [2.45, 2.75) is 25.6 Å². The summed E-state index contributed by atoms with van der Waals surface area (Å²) in [6.07, 6.45) is 2.95. The molecule has 0 nitrogen and oxygen atoms in total. The van der Waals surface area contributed by atoms with E-state index in [1.165, 1.54) is 22.7 Å². The van der Waals surface area contributed by atoms with Gasteiger partial charge in [0.25, 0.3) is 0 Å². The number of hydrogen-bond acceptors (Lipinski definition) is 0. The summed E-state index contributed by atoms with van der Waals surface area (Å²) in [5, 5.41) is 0. The molecule has 0 atom stereocenters. The highest BCUT2D eigenvalue weighted by Gasteiger charge is 2.19. The van der Waals surface area contributed by atoms with Gasteiger partial charge in [0, 0.05) is 0 Å². The van der Waals surface area contributed by atoms with Crippen LogP contribution < -0.4 is 0 Å². The van der Waals surface area contributed by atoms with Gasteiger partial charge in [-0.05, 0) is 23.6 Å². The first-order valence-electron chi connectivity index (χ1n) is 7.53. The minimum Gasteiger partial charge on any atom is -0.103 e. The van der Waals surface area contributed by atoms with Gasteiger partial charge in [-0.2, -0.15) is 0 Å². The molecule has 0 fully saturated rings. The van der Waals surface area contributed by atoms with Gasteiger partial charge in [-0.25, -0.2) is 0 Å². The van der Waals surface area contributed by atoms with Gasteiger partial charge in [-0.3, -0.25) is 0 Å². The van der Waals surface area contributed by atoms with Gasteiger partial charge in [-0.15, -0.1) is 6.58 Å². The molecule has 0 amide bonds. The standard InChI is InChI=1S/C20H24Si/c1-4-11-20(19-14-9-6-10-15-19)17-21(2,3)16-18-12-7-5-8-13-18/h4-10,12-15,17H,1,11,16H2,2-3H3/b20-17-. The molecule has 0 unspecified atom stereocenters. The van der Waals surface area contributed by atoms with E-state index in [4.69, 9.17) is 0 Å². The van der Waals surface area contributed by atoms with Gasteiger partial charge in [0.05, 0.1) is 8.07 Å². The molecule has 108 valence electrons. The number of allylic oxidation sites excluding steroid dienone is 2. The predicted molar refractivity (Wildman–Crippen MR) is 96.9 cm³/mol. The number of hydrogen-bond donors (Lipinski definition) is 0. The van der Waals surface area contributed by atoms with Crippen molar-refractivity contribution >= 4 is 13.6 Å². The van der Waals surface area contributed by atoms with Gasteiger partial charge >= 0.3 is 0 Å². The molecule has 0 aliphatic carbocycles. The maximum Gasteiger partial charge on any atom is 0.0764 e. The zero-order chi connectivity index (χ0) is 15.1. The van der Waals surface area contributed by atoms with Crippen LogP contribution in [0.1, 0.15) is 17.5 Å². The Labute approximate surface area is 129 Å². The lowest BCUT2D eigenvalue weighted by Gasteiger charge is -2.20. The lowest BCUT2D eigenvalue weighted by Crippen LogP contribution is -2.27. The molecule has 0 saturated heterocycles. The summed E-state index contributed by atoms with van der Waals surface area (Å²) in [5.41, 5.74) is 6.72. The van der Waals surface area contributed by atoms with Gasteiger partial charge in [-0.1, -0.05) is 91.1 Å². The van der Waals surface area contributed by atoms with Crippen LogP contribution in [0.4, 0.5) is 0 Å². The van der Waals surface area contributed by atoms with Crippen molar-refractivity contribution in [2.75, 3.05) is 0 Å². The molecule has 0 spiro atoms. The van der Waals surface area contributed by atoms with Crippen molar-refractivity contribution in [3.63, 3.8) is 0 Å². The van der Waals surface area contributed by atoms with E-state index in [1.807, 2.05) is 6.08 Å². The van der Waals surface area contributed by atoms with Crippen molar-refractivity contribution in [3.8, 4) is 0 Å². The molecule has 0 saturated carbocycles. The van der Waals surface area contributed by atoms with Crippen molar-refractivity contribution in [1.29, 1.82) is 0 Å². The van der Waals surface area contributed by atoms with Crippen LogP contribution >= 0.6 is 0 Å². The summed E-state index contributed by atoms with van der Waals surface area (Å²) in [7, 11) is -1.44. The highest BCUT2D eigenvalue weighted by molar-refractivity contribution is 6.82. The minimum absolute atomic E-state index is 0.940. The molecule has 1 heteroatoms. The second-order valence-electron chi connectivity index (χ2n) is 6.18. The first kappa shape index (κ1) is 15.5. The molecular formula is C20H24Si. The summed E-state index contributed by atoms with van der Waals surface area (Å²) in [6, 6.07) is 22.7. The van der Waals surface area contributed by atoms with Crippen LogP contribution in [0.3, 0.4) is 0 Å². The van der Waals surface area contributed by atoms with E-state index in [-0.39, 0.29) is 0 Å². The van der Waals surface area contributed by atoms with E-state index < -0.39 is 8.07 Å². The molecular weight excluding hydrogens is 268 g/mol. The van der Waals surface area contributed by atoms with E-state index >= 15 is 0 Å². The summed E-state index contributed by atoms with van der Waals surface area (Å²) in [6.45, 7) is 8.79. The number of benzene rings is 2. The average Bonchev–Trinajstić information content (AvgIpc) is 2.48. The van der Waals surface area contributed by atoms with Gasteiger partial charge in [0.15, 0.2) is 0 Å². The first-order chi connectivity index (χ1) is 10.1. The van der Waals surface area contributed by atoms with E-state index in [1.54, 1.807) is 0 Å². The smallest absolute Gasteiger partial charge is 0.0764 e. The monoisotopic (exact) mass is 292 g/mol. The Morgan fingerprint density at radius 3 is 2.10 bits per heavy atom. The Balaban J connectivity index is 2.26. The summed E-state index contributed by atoms with van der Waals surface area (Å²) < 4.78 is 0. The fourth-order valence-electron chi connectivity index (χ4n) is 2.71. The quantitative estimate of drug-likeness (QED) is 0.475. The molecule has 0 bridgehead atoms. The third-order valence-electron chi connectivity index (χ3n) is 3.58. The van der Waals surface area contributed by atoms with Crippen LogP contribution in [-0.4, -0.2) is 8.07 Å². The fourth-order valence-corrected chi connectivity index (χ4v) is 5.33. The van der Waals surface area contributed by atoms with Crippen LogP contribution in [0.2, 0.25) is 13.1 Å². The third-order valence-corrected chi connectivity index (χ3v) is 6.03. The molecule has 2 aromatic carbocycles. The van der Waals surface area contributed by atoms with Gasteiger partial charge in [0.1, 0.15) is 0 Å². The van der Waals surface area contributed by atoms with E-state index in [0.717, 1.165) is 6.42 Å². The second kappa shape index (κ2) is 7.23. The van der Waals surface area contributed by atoms with Gasteiger partial charge < -0.3 is 0 Å². The predicted octanol–water partition coefficient (Wildman–Crippen LogP) is 5.68. The minimum atomic E-state index is -1.44. The Morgan fingerprint density at radius 2 is 1.52 bits per heavy atom. The molecule has 2 rings (SSSR count). The zero-order valence-electron chi connectivity index (χ0n) is 13.0. The van der Waals surface area contributed by atoms with Crippen LogP contribution in [0, 0.1) is 0 Å². The Bertz CT molecular complexity index is 594. The van der Waals surface area contributed by atoms with Crippen molar-refractivity contribution in [1.82, 2.24) is 0 Å². The Morgan fingerprint density at radius 1 is 0.952 bits per heavy atom. The van der Waals surface area contributed by atoms with E-state index in [9.17, 15) is 0 Å². The third kappa shape index (κ3) is 4.87. The maximum atomic E-state index is 3.91. The molecule has 0 N–H and O–H groups in total. The Kier molecular flexibility index (Phi) is 5.35. The second-order valence-corrected chi connectivity index (χ2v) is 10.8. The summed E-state index contributed by atoms with van der Waals surface area (Å²) in [4.78, 5) is 0. The molecule has 2 aromatic rings. The lowest BCUT2D eigenvalue weighted by molar-refractivity contribution is 1.32. The maximum absolute atomic E-state index is 3.91. The number of rotatable bonds is 6. The highest BCUT2D eigenvalue weighted by Crippen LogP contribution is 2.23. The summed E-state index contributed by atoms with van der Waals surface area (Å²) >= 11 is 0. The first-order valence-corrected chi connectivity index (χ1v) is 10.8. The summed E-state index contributed by atoms with van der Waals surface area (Å²) in [5.74, 6) is 0. The molecule has 0 aliphatic heterocycles. The Hall–Kier alpha value is -1.86. The van der Waals surface area contributed by atoms with Crippen LogP contribution in [0.5, 0.6) is 0 Å². The SMILES string of the molecule is C=CC/C(=C/[Si](C)(C)Cc1ccccc1)c1ccccc1. The van der Waals surface area contributed by atoms with Crippen LogP contribution in [0.25, 0.3) is 5.57 Å². The molecule has 0 heterocycles. The fraction of sp³-hybridized carbons (Fsp3) is 0.200. The largest absolute Gasteiger partial charge is 0.103 e. The highest BCUT2D eigenvalue weighted by atomic mass is 28.3.